The number of benzene rings is 3. The fourth-order valence-corrected chi connectivity index (χ4v) is 3.40. The SMILES string of the molecule is c1ccc2c(c1)NC1(N2)c2ccccc2Oc2ccccc21. The maximum atomic E-state index is 6.08. The largest absolute Gasteiger partial charge is 0.456 e. The molecule has 3 aromatic rings. The topological polar surface area (TPSA) is 33.3 Å². The van der Waals surface area contributed by atoms with Gasteiger partial charge < -0.3 is 15.4 Å². The summed E-state index contributed by atoms with van der Waals surface area (Å²) in [6, 6.07) is 24.6. The van der Waals surface area contributed by atoms with E-state index >= 15 is 0 Å². The van der Waals surface area contributed by atoms with Crippen LogP contribution in [0.5, 0.6) is 11.5 Å². The zero-order chi connectivity index (χ0) is 14.6. The van der Waals surface area contributed by atoms with E-state index in [4.69, 9.17) is 4.74 Å². The van der Waals surface area contributed by atoms with E-state index in [0.29, 0.717) is 0 Å². The number of para-hydroxylation sites is 4. The van der Waals surface area contributed by atoms with E-state index in [2.05, 4.69) is 34.9 Å². The highest BCUT2D eigenvalue weighted by molar-refractivity contribution is 5.81. The molecule has 3 aromatic carbocycles. The molecule has 2 heterocycles. The third kappa shape index (κ3) is 1.40. The van der Waals surface area contributed by atoms with Gasteiger partial charge in [-0.2, -0.15) is 0 Å². The number of nitrogens with one attached hydrogen (secondary N) is 2. The molecule has 0 radical (unpaired) electrons. The lowest BCUT2D eigenvalue weighted by atomic mass is 9.88. The molecule has 0 amide bonds. The Bertz CT molecular complexity index is 815. The van der Waals surface area contributed by atoms with E-state index in [1.165, 1.54) is 0 Å². The van der Waals surface area contributed by atoms with Crippen molar-refractivity contribution in [2.75, 3.05) is 10.6 Å². The summed E-state index contributed by atoms with van der Waals surface area (Å²) >= 11 is 0. The fraction of sp³-hybridized carbons (Fsp3) is 0.0526. The van der Waals surface area contributed by atoms with E-state index < -0.39 is 5.66 Å². The van der Waals surface area contributed by atoms with E-state index in [1.54, 1.807) is 0 Å². The monoisotopic (exact) mass is 286 g/mol. The molecular weight excluding hydrogens is 272 g/mol. The van der Waals surface area contributed by atoms with Crippen molar-refractivity contribution in [2.45, 2.75) is 5.66 Å². The van der Waals surface area contributed by atoms with Crippen molar-refractivity contribution in [3.8, 4) is 11.5 Å². The third-order valence-corrected chi connectivity index (χ3v) is 4.37. The minimum atomic E-state index is -0.477. The predicted octanol–water partition coefficient (Wildman–Crippen LogP) is 4.53. The number of hydrogen-bond acceptors (Lipinski definition) is 3. The van der Waals surface area contributed by atoms with Crippen molar-refractivity contribution in [3.05, 3.63) is 83.9 Å². The second-order valence-corrected chi connectivity index (χ2v) is 5.64. The highest BCUT2D eigenvalue weighted by Crippen LogP contribution is 2.52. The van der Waals surface area contributed by atoms with Crippen LogP contribution in [0.4, 0.5) is 11.4 Å². The predicted molar refractivity (Wildman–Crippen MR) is 87.4 cm³/mol. The summed E-state index contributed by atoms with van der Waals surface area (Å²) in [6.45, 7) is 0. The molecule has 0 bridgehead atoms. The molecule has 106 valence electrons. The van der Waals surface area contributed by atoms with E-state index in [-0.39, 0.29) is 0 Å². The van der Waals surface area contributed by atoms with Crippen LogP contribution < -0.4 is 15.4 Å². The van der Waals surface area contributed by atoms with E-state index in [0.717, 1.165) is 34.0 Å². The normalized spacial score (nSPS) is 15.8. The van der Waals surface area contributed by atoms with Crippen LogP contribution in [0.25, 0.3) is 0 Å². The van der Waals surface area contributed by atoms with Gasteiger partial charge in [-0.3, -0.25) is 0 Å². The quantitative estimate of drug-likeness (QED) is 0.637. The van der Waals surface area contributed by atoms with Crippen LogP contribution in [0, 0.1) is 0 Å². The van der Waals surface area contributed by atoms with Crippen LogP contribution in [0.2, 0.25) is 0 Å². The summed E-state index contributed by atoms with van der Waals surface area (Å²) in [5.74, 6) is 1.77. The van der Waals surface area contributed by atoms with Crippen molar-refractivity contribution in [1.29, 1.82) is 0 Å². The molecule has 0 aromatic heterocycles. The van der Waals surface area contributed by atoms with Crippen LogP contribution in [0.3, 0.4) is 0 Å². The highest BCUT2D eigenvalue weighted by atomic mass is 16.5. The molecule has 0 saturated heterocycles. The van der Waals surface area contributed by atoms with Crippen LogP contribution in [0.15, 0.2) is 72.8 Å². The van der Waals surface area contributed by atoms with Gasteiger partial charge in [0.15, 0.2) is 5.66 Å². The molecule has 3 nitrogen and oxygen atoms in total. The van der Waals surface area contributed by atoms with Gasteiger partial charge in [-0.15, -0.1) is 0 Å². The molecule has 2 aliphatic rings. The number of anilines is 2. The Morgan fingerprint density at radius 3 is 1.59 bits per heavy atom. The van der Waals surface area contributed by atoms with Gasteiger partial charge in [0, 0.05) is 11.1 Å². The second-order valence-electron chi connectivity index (χ2n) is 5.64. The first-order valence-corrected chi connectivity index (χ1v) is 7.39. The van der Waals surface area contributed by atoms with Crippen molar-refractivity contribution < 1.29 is 4.74 Å². The number of rotatable bonds is 0. The molecular formula is C19H14N2O. The average molecular weight is 286 g/mol. The molecule has 0 atom stereocenters. The maximum absolute atomic E-state index is 6.08. The Morgan fingerprint density at radius 2 is 1.05 bits per heavy atom. The summed E-state index contributed by atoms with van der Waals surface area (Å²) < 4.78 is 6.08. The van der Waals surface area contributed by atoms with Gasteiger partial charge in [-0.1, -0.05) is 48.5 Å². The lowest BCUT2D eigenvalue weighted by molar-refractivity contribution is 0.428. The summed E-state index contributed by atoms with van der Waals surface area (Å²) in [7, 11) is 0. The lowest BCUT2D eigenvalue weighted by Gasteiger charge is -2.37. The van der Waals surface area contributed by atoms with Crippen LogP contribution in [0.1, 0.15) is 11.1 Å². The fourth-order valence-electron chi connectivity index (χ4n) is 3.40. The standard InChI is InChI=1S/C19H14N2O/c1-5-11-17-13(7-1)19(14-8-2-6-12-18(14)22-17)20-15-9-3-4-10-16(15)21-19/h1-12,20-21H. The van der Waals surface area contributed by atoms with Crippen LogP contribution in [-0.4, -0.2) is 0 Å². The van der Waals surface area contributed by atoms with Gasteiger partial charge in [0.2, 0.25) is 0 Å². The first-order chi connectivity index (χ1) is 10.9. The van der Waals surface area contributed by atoms with Crippen molar-refractivity contribution in [1.82, 2.24) is 0 Å². The minimum absolute atomic E-state index is 0.477. The van der Waals surface area contributed by atoms with Crippen molar-refractivity contribution in [2.24, 2.45) is 0 Å². The molecule has 2 N–H and O–H groups in total. The summed E-state index contributed by atoms with van der Waals surface area (Å²) in [5.41, 5.74) is 3.94. The smallest absolute Gasteiger partial charge is 0.168 e. The molecule has 0 saturated carbocycles. The molecule has 3 heteroatoms. The van der Waals surface area contributed by atoms with Gasteiger partial charge in [-0.05, 0) is 24.3 Å². The number of hydrogen-bond donors (Lipinski definition) is 2. The Morgan fingerprint density at radius 1 is 0.591 bits per heavy atom. The number of ether oxygens (including phenoxy) is 1. The van der Waals surface area contributed by atoms with Crippen LogP contribution in [-0.2, 0) is 5.66 Å². The summed E-state index contributed by atoms with van der Waals surface area (Å²) in [4.78, 5) is 0. The first kappa shape index (κ1) is 11.7. The summed E-state index contributed by atoms with van der Waals surface area (Å²) in [5, 5.41) is 7.34. The van der Waals surface area contributed by atoms with E-state index in [1.807, 2.05) is 48.5 Å². The van der Waals surface area contributed by atoms with Gasteiger partial charge in [0.05, 0.1) is 11.4 Å². The molecule has 22 heavy (non-hydrogen) atoms. The zero-order valence-corrected chi connectivity index (χ0v) is 11.8. The van der Waals surface area contributed by atoms with Crippen LogP contribution >= 0.6 is 0 Å². The average Bonchev–Trinajstić information content (AvgIpc) is 2.95. The van der Waals surface area contributed by atoms with Gasteiger partial charge in [-0.25, -0.2) is 0 Å². The lowest BCUT2D eigenvalue weighted by Crippen LogP contribution is -2.42. The van der Waals surface area contributed by atoms with Gasteiger partial charge in [0.1, 0.15) is 11.5 Å². The minimum Gasteiger partial charge on any atom is -0.456 e. The van der Waals surface area contributed by atoms with E-state index in [9.17, 15) is 0 Å². The Labute approximate surface area is 128 Å². The summed E-state index contributed by atoms with van der Waals surface area (Å²) in [6.07, 6.45) is 0. The molecule has 1 spiro atoms. The maximum Gasteiger partial charge on any atom is 0.168 e. The molecule has 0 aliphatic carbocycles. The number of fused-ring (bicyclic) bond motifs is 5. The third-order valence-electron chi connectivity index (χ3n) is 4.37. The molecule has 0 fully saturated rings. The van der Waals surface area contributed by atoms with Gasteiger partial charge >= 0.3 is 0 Å². The molecule has 5 rings (SSSR count). The molecule has 2 aliphatic heterocycles. The Hall–Kier alpha value is -2.94. The van der Waals surface area contributed by atoms with Gasteiger partial charge in [0.25, 0.3) is 0 Å². The second kappa shape index (κ2) is 4.04. The first-order valence-electron chi connectivity index (χ1n) is 7.39. The highest BCUT2D eigenvalue weighted by Gasteiger charge is 2.45. The molecule has 0 unspecified atom stereocenters. The zero-order valence-electron chi connectivity index (χ0n) is 11.8. The Kier molecular flexibility index (Phi) is 2.15. The Balaban J connectivity index is 1.80. The van der Waals surface area contributed by atoms with Crippen molar-refractivity contribution >= 4 is 11.4 Å². The van der Waals surface area contributed by atoms with Crippen molar-refractivity contribution in [3.63, 3.8) is 0 Å².